The second-order valence-electron chi connectivity index (χ2n) is 8.48. The summed E-state index contributed by atoms with van der Waals surface area (Å²) in [5.74, 6) is 0.493. The maximum Gasteiger partial charge on any atom is 0.408 e. The third kappa shape index (κ3) is 5.13. The number of hydrogen-bond donors (Lipinski definition) is 2. The van der Waals surface area contributed by atoms with Crippen molar-refractivity contribution < 1.29 is 9.53 Å². The first kappa shape index (κ1) is 19.6. The van der Waals surface area contributed by atoms with E-state index >= 15 is 0 Å². The number of anilines is 1. The number of nitrogens with one attached hydrogen (secondary N) is 2. The number of amides is 1. The molecule has 0 radical (unpaired) electrons. The van der Waals surface area contributed by atoms with Crippen molar-refractivity contribution in [3.8, 4) is 0 Å². The molecule has 0 aromatic heterocycles. The van der Waals surface area contributed by atoms with Gasteiger partial charge in [0.1, 0.15) is 5.60 Å². The highest BCUT2D eigenvalue weighted by Gasteiger charge is 2.37. The molecule has 1 aliphatic rings. The summed E-state index contributed by atoms with van der Waals surface area (Å²) in [6.07, 6.45) is 3.71. The maximum absolute atomic E-state index is 12.3. The van der Waals surface area contributed by atoms with Gasteiger partial charge in [0.25, 0.3) is 0 Å². The fourth-order valence-corrected chi connectivity index (χ4v) is 3.65. The summed E-state index contributed by atoms with van der Waals surface area (Å²) < 4.78 is 5.47. The Bertz CT molecular complexity index is 594. The summed E-state index contributed by atoms with van der Waals surface area (Å²) in [4.78, 5) is 12.3. The minimum atomic E-state index is -0.481. The molecule has 1 aromatic rings. The molecule has 3 atom stereocenters. The molecule has 2 N–H and O–H groups in total. The number of carbonyl (C=O) groups is 1. The van der Waals surface area contributed by atoms with E-state index < -0.39 is 5.60 Å². The van der Waals surface area contributed by atoms with Crippen molar-refractivity contribution in [1.29, 1.82) is 0 Å². The largest absolute Gasteiger partial charge is 0.444 e. The summed E-state index contributed by atoms with van der Waals surface area (Å²) in [5, 5.41) is 6.80. The predicted octanol–water partition coefficient (Wildman–Crippen LogP) is 5.45. The zero-order chi connectivity index (χ0) is 18.7. The predicted molar refractivity (Wildman–Crippen MR) is 104 cm³/mol. The highest BCUT2D eigenvalue weighted by molar-refractivity contribution is 5.69. The van der Waals surface area contributed by atoms with Gasteiger partial charge in [0.05, 0.1) is 0 Å². The molecule has 0 fully saturated rings. The molecular weight excluding hydrogens is 312 g/mol. The van der Waals surface area contributed by atoms with Crippen LogP contribution in [0, 0.1) is 0 Å². The van der Waals surface area contributed by atoms with E-state index in [1.165, 1.54) is 11.3 Å². The van der Waals surface area contributed by atoms with Crippen LogP contribution in [0.2, 0.25) is 0 Å². The lowest BCUT2D eigenvalue weighted by Gasteiger charge is -2.35. The molecule has 1 aliphatic heterocycles. The van der Waals surface area contributed by atoms with E-state index in [4.69, 9.17) is 4.74 Å². The van der Waals surface area contributed by atoms with E-state index in [0.717, 1.165) is 25.7 Å². The third-order valence-corrected chi connectivity index (χ3v) is 5.04. The Labute approximate surface area is 152 Å². The normalized spacial score (nSPS) is 21.8. The lowest BCUT2D eigenvalue weighted by Crippen LogP contribution is -2.50. The smallest absolute Gasteiger partial charge is 0.408 e. The van der Waals surface area contributed by atoms with Crippen molar-refractivity contribution in [2.45, 2.75) is 90.3 Å². The van der Waals surface area contributed by atoms with Crippen molar-refractivity contribution >= 4 is 11.8 Å². The molecule has 0 saturated heterocycles. The summed E-state index contributed by atoms with van der Waals surface area (Å²) in [5.41, 5.74) is 1.87. The molecule has 1 aromatic carbocycles. The number of carbonyl (C=O) groups excluding carboxylic acids is 1. The lowest BCUT2D eigenvalue weighted by atomic mass is 9.82. The van der Waals surface area contributed by atoms with Crippen LogP contribution in [0.25, 0.3) is 0 Å². The molecule has 2 unspecified atom stereocenters. The van der Waals surface area contributed by atoms with Crippen LogP contribution in [-0.2, 0) is 4.74 Å². The average molecular weight is 347 g/mol. The van der Waals surface area contributed by atoms with E-state index in [0.29, 0.717) is 12.0 Å². The molecule has 2 rings (SSSR count). The molecule has 0 aliphatic carbocycles. The Hall–Kier alpha value is -1.71. The molecule has 1 heterocycles. The van der Waals surface area contributed by atoms with Crippen LogP contribution >= 0.6 is 0 Å². The first-order chi connectivity index (χ1) is 11.7. The molecular formula is C21H34N2O2. The molecule has 1 amide bonds. The van der Waals surface area contributed by atoms with Gasteiger partial charge >= 0.3 is 6.09 Å². The standard InChI is InChI=1S/C21H34N2O2/c1-7-11-15-16-12-9-10-13-17(16)22-18(15)14-21(6,8-2)23-19(24)25-20(3,4)5/h9-10,12-13,15,18,22H,7-8,11,14H2,1-6H3,(H,23,24)/t15?,18?,21-/m0/s1. The SMILES string of the molecule is CCCC1c2ccccc2NC1C[C@](C)(CC)NC(=O)OC(C)(C)C. The first-order valence-electron chi connectivity index (χ1n) is 9.54. The van der Waals surface area contributed by atoms with Crippen LogP contribution in [0.5, 0.6) is 0 Å². The molecule has 25 heavy (non-hydrogen) atoms. The number of hydrogen-bond acceptors (Lipinski definition) is 3. The number of fused-ring (bicyclic) bond motifs is 1. The molecule has 0 bridgehead atoms. The minimum Gasteiger partial charge on any atom is -0.444 e. The number of para-hydroxylation sites is 1. The molecule has 0 saturated carbocycles. The highest BCUT2D eigenvalue weighted by Crippen LogP contribution is 2.41. The van der Waals surface area contributed by atoms with Gasteiger partial charge in [0.15, 0.2) is 0 Å². The van der Waals surface area contributed by atoms with Crippen molar-refractivity contribution in [1.82, 2.24) is 5.32 Å². The lowest BCUT2D eigenvalue weighted by molar-refractivity contribution is 0.0451. The number of ether oxygens (including phenoxy) is 1. The van der Waals surface area contributed by atoms with Gasteiger partial charge in [-0.15, -0.1) is 0 Å². The minimum absolute atomic E-state index is 0.298. The third-order valence-electron chi connectivity index (χ3n) is 5.04. The van der Waals surface area contributed by atoms with Gasteiger partial charge in [-0.2, -0.15) is 0 Å². The molecule has 4 nitrogen and oxygen atoms in total. The van der Waals surface area contributed by atoms with Crippen LogP contribution in [0.3, 0.4) is 0 Å². The number of alkyl carbamates (subject to hydrolysis) is 1. The van der Waals surface area contributed by atoms with Crippen LogP contribution in [-0.4, -0.2) is 23.3 Å². The van der Waals surface area contributed by atoms with E-state index in [1.807, 2.05) is 20.8 Å². The summed E-state index contributed by atoms with van der Waals surface area (Å²) in [6.45, 7) is 12.1. The van der Waals surface area contributed by atoms with E-state index in [-0.39, 0.29) is 11.6 Å². The summed E-state index contributed by atoms with van der Waals surface area (Å²) in [6, 6.07) is 8.91. The highest BCUT2D eigenvalue weighted by atomic mass is 16.6. The Morgan fingerprint density at radius 2 is 1.88 bits per heavy atom. The summed E-state index contributed by atoms with van der Waals surface area (Å²) in [7, 11) is 0. The fraction of sp³-hybridized carbons (Fsp3) is 0.667. The maximum atomic E-state index is 12.3. The van der Waals surface area contributed by atoms with E-state index in [9.17, 15) is 4.79 Å². The second-order valence-corrected chi connectivity index (χ2v) is 8.48. The van der Waals surface area contributed by atoms with Crippen LogP contribution in [0.4, 0.5) is 10.5 Å². The Morgan fingerprint density at radius 3 is 2.48 bits per heavy atom. The zero-order valence-corrected chi connectivity index (χ0v) is 16.6. The first-order valence-corrected chi connectivity index (χ1v) is 9.54. The molecule has 4 heteroatoms. The monoisotopic (exact) mass is 346 g/mol. The van der Waals surface area contributed by atoms with Gasteiger partial charge in [-0.3, -0.25) is 0 Å². The van der Waals surface area contributed by atoms with Crippen LogP contribution in [0.1, 0.15) is 78.7 Å². The van der Waals surface area contributed by atoms with Gasteiger partial charge in [-0.1, -0.05) is 38.5 Å². The van der Waals surface area contributed by atoms with Crippen LogP contribution in [0.15, 0.2) is 24.3 Å². The van der Waals surface area contributed by atoms with Gasteiger partial charge < -0.3 is 15.4 Å². The quantitative estimate of drug-likeness (QED) is 0.720. The molecule has 0 spiro atoms. The number of benzene rings is 1. The summed E-state index contributed by atoms with van der Waals surface area (Å²) >= 11 is 0. The van der Waals surface area contributed by atoms with E-state index in [1.54, 1.807) is 0 Å². The topological polar surface area (TPSA) is 50.4 Å². The zero-order valence-electron chi connectivity index (χ0n) is 16.6. The van der Waals surface area contributed by atoms with Crippen molar-refractivity contribution in [2.75, 3.05) is 5.32 Å². The van der Waals surface area contributed by atoms with Crippen molar-refractivity contribution in [3.05, 3.63) is 29.8 Å². The van der Waals surface area contributed by atoms with Crippen LogP contribution < -0.4 is 10.6 Å². The van der Waals surface area contributed by atoms with E-state index in [2.05, 4.69) is 55.7 Å². The Morgan fingerprint density at radius 1 is 1.20 bits per heavy atom. The average Bonchev–Trinajstić information content (AvgIpc) is 2.83. The number of rotatable bonds is 6. The van der Waals surface area contributed by atoms with Gasteiger partial charge in [-0.05, 0) is 58.6 Å². The fourth-order valence-electron chi connectivity index (χ4n) is 3.65. The molecule has 140 valence electrons. The Kier molecular flexibility index (Phi) is 6.02. The van der Waals surface area contributed by atoms with Gasteiger partial charge in [0.2, 0.25) is 0 Å². The Balaban J connectivity index is 2.11. The van der Waals surface area contributed by atoms with Crippen molar-refractivity contribution in [2.24, 2.45) is 0 Å². The van der Waals surface area contributed by atoms with Gasteiger partial charge in [0, 0.05) is 23.2 Å². The second kappa shape index (κ2) is 7.67. The van der Waals surface area contributed by atoms with Crippen molar-refractivity contribution in [3.63, 3.8) is 0 Å². The van der Waals surface area contributed by atoms with Gasteiger partial charge in [-0.25, -0.2) is 4.79 Å².